The van der Waals surface area contributed by atoms with Crippen LogP contribution in [0.4, 0.5) is 11.4 Å². The number of aromatic nitrogens is 1. The Morgan fingerprint density at radius 2 is 1.67 bits per heavy atom. The number of likely N-dealkylation sites (tertiary alicyclic amines) is 1. The van der Waals surface area contributed by atoms with E-state index in [9.17, 15) is 32.7 Å². The standard InChI is InChI=1S/C27H26N4O7S/c1-16(32)28-21-5-7-22(8-6-21)39(37,38)29-23-9-10-24-20-11-17(14-31(24)26(23)34)13-30(15-20)25(33)18-3-2-4-19(12-18)27(35)36/h2-10,12,17,20,29H,11,13-15H2,1H3,(H,28,32)(H,35,36)/p-1/t17-,20+/m0/s1. The van der Waals surface area contributed by atoms with Crippen LogP contribution in [0.25, 0.3) is 0 Å². The molecule has 11 nitrogen and oxygen atoms in total. The number of nitrogens with one attached hydrogen (secondary N) is 2. The lowest BCUT2D eigenvalue weighted by Gasteiger charge is -2.43. The molecule has 2 aliphatic rings. The summed E-state index contributed by atoms with van der Waals surface area (Å²) >= 11 is 0. The van der Waals surface area contributed by atoms with E-state index in [0.29, 0.717) is 31.0 Å². The number of aromatic carboxylic acids is 1. The minimum Gasteiger partial charge on any atom is -0.545 e. The van der Waals surface area contributed by atoms with Gasteiger partial charge in [0.05, 0.1) is 10.9 Å². The smallest absolute Gasteiger partial charge is 0.275 e. The molecule has 202 valence electrons. The van der Waals surface area contributed by atoms with Crippen molar-refractivity contribution in [2.75, 3.05) is 23.1 Å². The molecule has 2 bridgehead atoms. The van der Waals surface area contributed by atoms with Gasteiger partial charge in [0, 0.05) is 49.4 Å². The second-order valence-corrected chi connectivity index (χ2v) is 11.5. The molecule has 2 N–H and O–H groups in total. The molecule has 5 rings (SSSR count). The Kier molecular flexibility index (Phi) is 6.73. The van der Waals surface area contributed by atoms with Crippen molar-refractivity contribution in [3.05, 3.63) is 87.8 Å². The monoisotopic (exact) mass is 549 g/mol. The summed E-state index contributed by atoms with van der Waals surface area (Å²) < 4.78 is 29.8. The highest BCUT2D eigenvalue weighted by atomic mass is 32.2. The van der Waals surface area contributed by atoms with Crippen LogP contribution in [-0.2, 0) is 21.4 Å². The van der Waals surface area contributed by atoms with Crippen molar-refractivity contribution in [1.82, 2.24) is 9.47 Å². The molecular formula is C27H25N4O7S-. The fraction of sp³-hybridized carbons (Fsp3) is 0.259. The maximum absolute atomic E-state index is 13.3. The Morgan fingerprint density at radius 1 is 0.949 bits per heavy atom. The molecule has 39 heavy (non-hydrogen) atoms. The van der Waals surface area contributed by atoms with Gasteiger partial charge >= 0.3 is 0 Å². The lowest BCUT2D eigenvalue weighted by molar-refractivity contribution is -0.255. The summed E-state index contributed by atoms with van der Waals surface area (Å²) in [6.07, 6.45) is 0.772. The SMILES string of the molecule is CC(=O)Nc1ccc(S(=O)(=O)Nc2ccc3n(c2=O)C[C@H]2C[C@@H]3CN(C(=O)c3cccc(C(=O)[O-])c3)C2)cc1. The number of fused-ring (bicyclic) bond motifs is 4. The maximum Gasteiger partial charge on any atom is 0.275 e. The normalized spacial score (nSPS) is 18.1. The second-order valence-electron chi connectivity index (χ2n) is 9.78. The molecule has 2 aromatic carbocycles. The van der Waals surface area contributed by atoms with Gasteiger partial charge < -0.3 is 24.7 Å². The molecule has 12 heteroatoms. The average Bonchev–Trinajstić information content (AvgIpc) is 2.90. The Morgan fingerprint density at radius 3 is 2.36 bits per heavy atom. The van der Waals surface area contributed by atoms with Gasteiger partial charge in [-0.2, -0.15) is 0 Å². The summed E-state index contributed by atoms with van der Waals surface area (Å²) in [6, 6.07) is 14.4. The lowest BCUT2D eigenvalue weighted by atomic mass is 9.83. The first kappa shape index (κ1) is 26.2. The summed E-state index contributed by atoms with van der Waals surface area (Å²) in [5.74, 6) is -2.10. The third-order valence-corrected chi connectivity index (χ3v) is 8.35. The van der Waals surface area contributed by atoms with Crippen LogP contribution in [0, 0.1) is 5.92 Å². The molecule has 1 aromatic heterocycles. The molecule has 0 saturated carbocycles. The molecule has 0 unspecified atom stereocenters. The molecule has 3 aromatic rings. The molecular weight excluding hydrogens is 524 g/mol. The number of hydrogen-bond donors (Lipinski definition) is 2. The van der Waals surface area contributed by atoms with Crippen LogP contribution < -0.4 is 20.7 Å². The average molecular weight is 550 g/mol. The number of hydrogen-bond acceptors (Lipinski definition) is 7. The fourth-order valence-corrected chi connectivity index (χ4v) is 6.33. The number of carbonyl (C=O) groups is 3. The van der Waals surface area contributed by atoms with Crippen molar-refractivity contribution in [3.63, 3.8) is 0 Å². The minimum absolute atomic E-state index is 0.0320. The second kappa shape index (κ2) is 10.0. The van der Waals surface area contributed by atoms with Crippen molar-refractivity contribution < 1.29 is 27.9 Å². The number of carboxylic acid groups (broad SMARTS) is 1. The summed E-state index contributed by atoms with van der Waals surface area (Å²) in [6.45, 7) is 2.38. The van der Waals surface area contributed by atoms with Gasteiger partial charge in [-0.1, -0.05) is 12.1 Å². The van der Waals surface area contributed by atoms with Crippen molar-refractivity contribution in [3.8, 4) is 0 Å². The van der Waals surface area contributed by atoms with E-state index in [2.05, 4.69) is 10.0 Å². The number of rotatable bonds is 6. The van der Waals surface area contributed by atoms with Crippen molar-refractivity contribution in [2.45, 2.75) is 30.7 Å². The third kappa shape index (κ3) is 5.28. The Labute approximate surface area is 224 Å². The van der Waals surface area contributed by atoms with E-state index in [4.69, 9.17) is 0 Å². The number of sulfonamides is 1. The summed E-state index contributed by atoms with van der Waals surface area (Å²) in [5, 5.41) is 13.8. The van der Waals surface area contributed by atoms with Crippen LogP contribution >= 0.6 is 0 Å². The number of anilines is 2. The number of piperidine rings is 1. The van der Waals surface area contributed by atoms with E-state index in [0.717, 1.165) is 6.42 Å². The van der Waals surface area contributed by atoms with Gasteiger partial charge in [0.15, 0.2) is 0 Å². The number of nitrogens with zero attached hydrogens (tertiary/aromatic N) is 2. The zero-order chi connectivity index (χ0) is 27.9. The summed E-state index contributed by atoms with van der Waals surface area (Å²) in [4.78, 5) is 50.5. The van der Waals surface area contributed by atoms with Crippen LogP contribution in [0.2, 0.25) is 0 Å². The summed E-state index contributed by atoms with van der Waals surface area (Å²) in [7, 11) is -4.06. The minimum atomic E-state index is -4.06. The van der Waals surface area contributed by atoms with Gasteiger partial charge in [0.1, 0.15) is 5.69 Å². The summed E-state index contributed by atoms with van der Waals surface area (Å²) in [5.41, 5.74) is 0.775. The van der Waals surface area contributed by atoms with E-state index in [1.54, 1.807) is 21.6 Å². The van der Waals surface area contributed by atoms with Crippen molar-refractivity contribution >= 4 is 39.2 Å². The zero-order valence-corrected chi connectivity index (χ0v) is 21.7. The van der Waals surface area contributed by atoms with Crippen molar-refractivity contribution in [1.29, 1.82) is 0 Å². The van der Waals surface area contributed by atoms with E-state index in [-0.39, 0.29) is 45.4 Å². The predicted molar refractivity (Wildman–Crippen MR) is 140 cm³/mol. The first-order valence-electron chi connectivity index (χ1n) is 12.3. The molecule has 0 aliphatic carbocycles. The van der Waals surface area contributed by atoms with Gasteiger partial charge in [-0.25, -0.2) is 8.42 Å². The largest absolute Gasteiger partial charge is 0.545 e. The topological polar surface area (TPSA) is 158 Å². The first-order valence-corrected chi connectivity index (χ1v) is 13.7. The molecule has 2 atom stereocenters. The highest BCUT2D eigenvalue weighted by molar-refractivity contribution is 7.92. The number of carboxylic acids is 1. The third-order valence-electron chi connectivity index (χ3n) is 6.97. The Balaban J connectivity index is 1.36. The Hall–Kier alpha value is -4.45. The predicted octanol–water partition coefficient (Wildman–Crippen LogP) is 1.23. The van der Waals surface area contributed by atoms with Gasteiger partial charge in [-0.05, 0) is 66.4 Å². The van der Waals surface area contributed by atoms with E-state index in [1.165, 1.54) is 55.5 Å². The van der Waals surface area contributed by atoms with Crippen LogP contribution in [0.15, 0.2) is 70.4 Å². The molecule has 1 saturated heterocycles. The van der Waals surface area contributed by atoms with Gasteiger partial charge in [0.25, 0.3) is 21.5 Å². The molecule has 2 aliphatic heterocycles. The quantitative estimate of drug-likeness (QED) is 0.468. The van der Waals surface area contributed by atoms with Crippen LogP contribution in [0.1, 0.15) is 45.7 Å². The highest BCUT2D eigenvalue weighted by Crippen LogP contribution is 2.36. The lowest BCUT2D eigenvalue weighted by Crippen LogP contribution is -2.49. The number of benzene rings is 2. The molecule has 0 radical (unpaired) electrons. The van der Waals surface area contributed by atoms with E-state index < -0.39 is 21.6 Å². The first-order chi connectivity index (χ1) is 18.5. The van der Waals surface area contributed by atoms with E-state index >= 15 is 0 Å². The Bertz CT molecular complexity index is 1650. The molecule has 3 heterocycles. The molecule has 0 spiro atoms. The fourth-order valence-electron chi connectivity index (χ4n) is 5.28. The highest BCUT2D eigenvalue weighted by Gasteiger charge is 2.37. The maximum atomic E-state index is 13.3. The number of pyridine rings is 1. The molecule has 2 amide bonds. The van der Waals surface area contributed by atoms with Gasteiger partial charge in [-0.15, -0.1) is 0 Å². The van der Waals surface area contributed by atoms with Crippen molar-refractivity contribution in [2.24, 2.45) is 5.92 Å². The molecule has 1 fully saturated rings. The van der Waals surface area contributed by atoms with Crippen LogP contribution in [0.3, 0.4) is 0 Å². The number of carbonyl (C=O) groups excluding carboxylic acids is 3. The van der Waals surface area contributed by atoms with Crippen LogP contribution in [-0.4, -0.2) is 48.8 Å². The van der Waals surface area contributed by atoms with Gasteiger partial charge in [-0.3, -0.25) is 19.1 Å². The van der Waals surface area contributed by atoms with E-state index in [1.807, 2.05) is 0 Å². The van der Waals surface area contributed by atoms with Gasteiger partial charge in [0.2, 0.25) is 5.91 Å². The van der Waals surface area contributed by atoms with Crippen LogP contribution in [0.5, 0.6) is 0 Å². The zero-order valence-electron chi connectivity index (χ0n) is 20.9. The number of amides is 2.